The van der Waals surface area contributed by atoms with E-state index < -0.39 is 83.4 Å². The van der Waals surface area contributed by atoms with Gasteiger partial charge in [0.2, 0.25) is 35.4 Å². The summed E-state index contributed by atoms with van der Waals surface area (Å²) in [6, 6.07) is 1.06. The minimum Gasteiger partial charge on any atom is -0.494 e. The molecule has 4 aromatic heterocycles. The van der Waals surface area contributed by atoms with Crippen molar-refractivity contribution in [1.82, 2.24) is 90.8 Å². The molecule has 0 saturated carbocycles. The standard InChI is InChI=1S/C16H19N5O3.C16H16N4O3.C14H14N4O4.C14H19N3O4.C13H13N5O3/c1-11-3-4-13(15(23)19-11)21-14(22)9-12(16(21)24)18-5-2-7-20-8-6-17-10-20;1-10-4-5-13(15(22)19-10)20-14(21)7-12(16(20)23)18-9-11-3-2-6-17-8-11;1-8-2-3-10(13(20)17-8)18-12(19)4-11(14(18)21)22-6-9-5-15-7-16-9;1-9-4-5-10(13(19)15-9)17-12(18)8-11(14(17)20)21-7-6-16(2)3;1-7-2-3-9(12(20)15-7)18-11(19)6-8(13(18)21)16-10-4-5-14-17-10/h6,8-10,13,18H,1-5,7H2,(H,19,23);2-3,6-8,13,18H,1,4-5,9H2,(H,19,22);4-5,7,10H,1-3,6H2,(H,15,16)(H,17,20);8,10H,1,4-7H2,2-3H3,(H,15,19);4-6,9,19,21H,1-3H2,(H,15,20). The van der Waals surface area contributed by atoms with Crippen LogP contribution in [0.2, 0.25) is 0 Å². The minimum absolute atomic E-state index is 0.000880. The van der Waals surface area contributed by atoms with Gasteiger partial charge in [0.05, 0.1) is 42.9 Å². The number of amides is 13. The van der Waals surface area contributed by atoms with E-state index in [9.17, 15) is 72.5 Å². The summed E-state index contributed by atoms with van der Waals surface area (Å²) in [5.41, 5.74) is 5.15. The molecule has 5 unspecified atom stereocenters. The Bertz CT molecular complexity index is 4660. The first-order chi connectivity index (χ1) is 53.1. The maximum absolute atomic E-state index is 12.4. The number of aromatic amines is 1. The number of pyridine rings is 1. The molecule has 10 aliphatic rings. The van der Waals surface area contributed by atoms with Crippen molar-refractivity contribution in [2.75, 3.05) is 33.8 Å². The van der Waals surface area contributed by atoms with Gasteiger partial charge in [0.15, 0.2) is 23.2 Å². The van der Waals surface area contributed by atoms with Gasteiger partial charge in [-0.1, -0.05) is 39.0 Å². The zero-order valence-corrected chi connectivity index (χ0v) is 60.5. The van der Waals surface area contributed by atoms with Crippen LogP contribution in [0.25, 0.3) is 0 Å². The molecule has 0 radical (unpaired) electrons. The van der Waals surface area contributed by atoms with Crippen molar-refractivity contribution < 1.29 is 82.0 Å². The summed E-state index contributed by atoms with van der Waals surface area (Å²) in [4.78, 5) is 182. The van der Waals surface area contributed by atoms with Gasteiger partial charge in [0, 0.05) is 104 Å². The summed E-state index contributed by atoms with van der Waals surface area (Å²) in [6.07, 6.45) is 25.0. The Morgan fingerprint density at radius 3 is 1.51 bits per heavy atom. The molecule has 0 bridgehead atoms. The normalized spacial score (nSPS) is 22.0. The molecule has 38 heteroatoms. The number of likely N-dealkylation sites (N-methyl/N-ethyl adjacent to an activating group) is 1. The molecule has 4 aromatic rings. The van der Waals surface area contributed by atoms with Crippen molar-refractivity contribution in [2.24, 2.45) is 15.2 Å². The van der Waals surface area contributed by atoms with Crippen molar-refractivity contribution in [1.29, 1.82) is 0 Å². The molecule has 0 aliphatic carbocycles. The van der Waals surface area contributed by atoms with E-state index in [1.54, 1.807) is 43.3 Å². The van der Waals surface area contributed by atoms with Gasteiger partial charge in [0.1, 0.15) is 60.5 Å². The van der Waals surface area contributed by atoms with Crippen LogP contribution in [0, 0.1) is 0 Å². The number of aliphatic imine (C=N–C) groups is 1. The highest BCUT2D eigenvalue weighted by Gasteiger charge is 2.46. The number of azo groups is 1. The minimum atomic E-state index is -0.824. The highest BCUT2D eigenvalue weighted by molar-refractivity contribution is 6.20. The fourth-order valence-corrected chi connectivity index (χ4v) is 12.3. The van der Waals surface area contributed by atoms with Gasteiger partial charge in [-0.2, -0.15) is 5.11 Å². The molecule has 10 N–H and O–H groups in total. The number of carbonyl (C=O) groups excluding carboxylic acids is 13. The maximum Gasteiger partial charge on any atom is 0.296 e. The highest BCUT2D eigenvalue weighted by Crippen LogP contribution is 2.41. The number of hydrogen-bond acceptors (Lipinski definition) is 25. The number of ether oxygens (including phenoxy) is 2. The Balaban J connectivity index is 0.000000148. The van der Waals surface area contributed by atoms with E-state index >= 15 is 0 Å². The third-order valence-electron chi connectivity index (χ3n) is 18.0. The van der Waals surface area contributed by atoms with E-state index in [2.05, 4.69) is 105 Å². The van der Waals surface area contributed by atoms with Gasteiger partial charge in [-0.05, 0) is 96.4 Å². The quantitative estimate of drug-likeness (QED) is 0.0418. The zero-order valence-electron chi connectivity index (χ0n) is 60.5. The molecule has 13 amide bonds. The van der Waals surface area contributed by atoms with E-state index in [0.29, 0.717) is 130 Å². The van der Waals surface area contributed by atoms with Gasteiger partial charge in [-0.25, -0.2) is 15.0 Å². The van der Waals surface area contributed by atoms with Crippen LogP contribution in [0.4, 0.5) is 5.69 Å². The second kappa shape index (κ2) is 36.2. The molecule has 0 aromatic carbocycles. The smallest absolute Gasteiger partial charge is 0.296 e. The predicted molar refractivity (Wildman–Crippen MR) is 389 cm³/mol. The number of H-pyrrole nitrogens is 1. The lowest BCUT2D eigenvalue weighted by Crippen LogP contribution is -2.52. The van der Waals surface area contributed by atoms with Crippen molar-refractivity contribution in [3.63, 3.8) is 0 Å². The van der Waals surface area contributed by atoms with Crippen LogP contribution < -0.4 is 37.2 Å². The lowest BCUT2D eigenvalue weighted by atomic mass is 10.0. The largest absolute Gasteiger partial charge is 0.494 e. The number of hydrogen-bond donors (Lipinski definition) is 10. The number of amidine groups is 1. The maximum atomic E-state index is 12.4. The van der Waals surface area contributed by atoms with E-state index in [-0.39, 0.29) is 70.6 Å². The number of imide groups is 4. The Kier molecular flexibility index (Phi) is 26.0. The molecule has 38 nitrogen and oxygen atoms in total. The van der Waals surface area contributed by atoms with Gasteiger partial charge < -0.3 is 71.4 Å². The number of nitrogens with zero attached hydrogens (tertiary/aromatic N) is 13. The average molecular weight is 1520 g/mol. The number of imidazole rings is 2. The van der Waals surface area contributed by atoms with Crippen LogP contribution in [0.5, 0.6) is 11.8 Å². The number of allylic oxidation sites excluding steroid dienone is 5. The number of rotatable bonds is 21. The van der Waals surface area contributed by atoms with Crippen LogP contribution in [-0.4, -0.2) is 204 Å². The summed E-state index contributed by atoms with van der Waals surface area (Å²) in [7, 11) is 3.76. The van der Waals surface area contributed by atoms with Crippen molar-refractivity contribution in [3.8, 4) is 11.8 Å². The molecular weight excluding hydrogens is 1440 g/mol. The second-order valence-corrected chi connectivity index (χ2v) is 26.3. The first kappa shape index (κ1) is 79.7. The summed E-state index contributed by atoms with van der Waals surface area (Å²) in [6.45, 7) is 21.1. The Morgan fingerprint density at radius 2 is 1.07 bits per heavy atom. The average Bonchev–Trinajstić information content (AvgIpc) is 1.68. The number of aromatic hydroxyl groups is 2. The number of carbonyl (C=O) groups is 13. The molecule has 10 aliphatic heterocycles. The van der Waals surface area contributed by atoms with E-state index in [0.717, 1.165) is 54.8 Å². The molecule has 5 atom stereocenters. The van der Waals surface area contributed by atoms with Crippen LogP contribution in [-0.2, 0) is 91.5 Å². The molecule has 14 rings (SSSR count). The lowest BCUT2D eigenvalue weighted by Gasteiger charge is -2.29. The summed E-state index contributed by atoms with van der Waals surface area (Å²) in [5, 5.41) is 46.4. The van der Waals surface area contributed by atoms with Gasteiger partial charge in [-0.15, -0.1) is 5.11 Å². The van der Waals surface area contributed by atoms with Crippen LogP contribution >= 0.6 is 0 Å². The topological polar surface area (TPSA) is 483 Å². The number of aromatic nitrogens is 6. The Hall–Kier alpha value is -13.8. The summed E-state index contributed by atoms with van der Waals surface area (Å²) in [5.74, 6) is -6.19. The third kappa shape index (κ3) is 19.9. The number of nitrogens with one attached hydrogen (secondary N) is 8. The van der Waals surface area contributed by atoms with Crippen LogP contribution in [0.3, 0.4) is 0 Å². The van der Waals surface area contributed by atoms with Crippen molar-refractivity contribution in [3.05, 3.63) is 194 Å². The van der Waals surface area contributed by atoms with Gasteiger partial charge in [-0.3, -0.25) is 91.5 Å². The van der Waals surface area contributed by atoms with E-state index in [1.165, 1.54) is 30.7 Å². The van der Waals surface area contributed by atoms with Crippen LogP contribution in [0.1, 0.15) is 87.9 Å². The van der Waals surface area contributed by atoms with Crippen molar-refractivity contribution in [2.45, 2.75) is 121 Å². The molecule has 580 valence electrons. The molecule has 14 heterocycles. The zero-order chi connectivity index (χ0) is 79.7. The van der Waals surface area contributed by atoms with Crippen LogP contribution in [0.15, 0.2) is 198 Å². The number of aryl methyl sites for hydroxylation is 1. The summed E-state index contributed by atoms with van der Waals surface area (Å²) < 4.78 is 13.8. The monoisotopic (exact) mass is 1520 g/mol. The van der Waals surface area contributed by atoms with Crippen molar-refractivity contribution >= 4 is 88.3 Å². The van der Waals surface area contributed by atoms with E-state index in [4.69, 9.17) is 9.47 Å². The van der Waals surface area contributed by atoms with Gasteiger partial charge >= 0.3 is 0 Å². The fourth-order valence-electron chi connectivity index (χ4n) is 12.3. The first-order valence-corrected chi connectivity index (χ1v) is 34.9. The Labute approximate surface area is 633 Å². The SMILES string of the molecule is C=C1CCC(N2C(=O)C=C(NCCCn3ccnc3)C2=O)C(=O)N1.C=C1CCC(N2C(=O)C=C(NCc3cccnc3)C2=O)C(=O)N1.C=C1CCC(N2C(=O)C=C(OCCN(C)C)C2=O)C(=O)N1.C=C1CCC(N2C(=O)C=C(OCc3cnc[nH]3)C2=O)C(=O)N1.C=C1CCC(n2c(O)cc(N=C3C=CN=N3)c2O)C(=O)N1. The molecular formula is C73H81N21O17. The Morgan fingerprint density at radius 1 is 0.586 bits per heavy atom. The molecule has 5 saturated heterocycles. The molecule has 0 spiro atoms. The van der Waals surface area contributed by atoms with Gasteiger partial charge in [0.25, 0.3) is 47.3 Å². The molecule has 111 heavy (non-hydrogen) atoms. The summed E-state index contributed by atoms with van der Waals surface area (Å²) >= 11 is 0. The highest BCUT2D eigenvalue weighted by atomic mass is 16.5. The second-order valence-electron chi connectivity index (χ2n) is 26.3. The third-order valence-corrected chi connectivity index (χ3v) is 18.0. The predicted octanol–water partition coefficient (Wildman–Crippen LogP) is 1.58. The molecule has 5 fully saturated rings. The first-order valence-electron chi connectivity index (χ1n) is 34.9. The lowest BCUT2D eigenvalue weighted by molar-refractivity contribution is -0.148. The fraction of sp³-hybridized carbons (Fsp3) is 0.329. The van der Waals surface area contributed by atoms with E-state index in [1.807, 2.05) is 35.8 Å². The number of piperidine rings is 5.